The van der Waals surface area contributed by atoms with Gasteiger partial charge in [0.25, 0.3) is 0 Å². The van der Waals surface area contributed by atoms with Crippen LogP contribution < -0.4 is 5.32 Å². The van der Waals surface area contributed by atoms with Crippen LogP contribution in [0.3, 0.4) is 0 Å². The van der Waals surface area contributed by atoms with Gasteiger partial charge in [0.1, 0.15) is 0 Å². The minimum absolute atomic E-state index is 0.0822. The molecule has 0 spiro atoms. The fraction of sp³-hybridized carbons (Fsp3) is 0.923. The number of carbonyl (C=O) groups excluding carboxylic acids is 1. The molecule has 4 bridgehead atoms. The van der Waals surface area contributed by atoms with Gasteiger partial charge in [-0.15, -0.1) is 0 Å². The summed E-state index contributed by atoms with van der Waals surface area (Å²) in [6.07, 6.45) is 10.4. The van der Waals surface area contributed by atoms with E-state index in [1.807, 2.05) is 6.92 Å². The molecule has 4 rings (SSSR count). The van der Waals surface area contributed by atoms with Crippen molar-refractivity contribution < 1.29 is 4.79 Å². The third-order valence-corrected chi connectivity index (χ3v) is 4.74. The molecule has 0 amide bonds. The van der Waals surface area contributed by atoms with E-state index in [4.69, 9.17) is 0 Å². The molecule has 4 aliphatic carbocycles. The molecule has 4 fully saturated rings. The lowest BCUT2D eigenvalue weighted by Crippen LogP contribution is -2.60. The van der Waals surface area contributed by atoms with Gasteiger partial charge in [-0.05, 0) is 63.2 Å². The van der Waals surface area contributed by atoms with Crippen LogP contribution >= 0.6 is 0 Å². The Bertz CT molecular complexity index is 238. The molecule has 1 N–H and O–H groups in total. The average molecular weight is 206 g/mol. The molecule has 0 aromatic rings. The number of hydrogen-bond donors (Lipinski definition) is 1. The van der Waals surface area contributed by atoms with Crippen molar-refractivity contribution in [2.24, 2.45) is 17.8 Å². The summed E-state index contributed by atoms with van der Waals surface area (Å²) >= 11 is 0. The molecule has 1 atom stereocenters. The number of hydrogen-bond acceptors (Lipinski definition) is 2. The van der Waals surface area contributed by atoms with Crippen molar-refractivity contribution >= 4 is 6.29 Å². The molecule has 0 aromatic heterocycles. The predicted molar refractivity (Wildman–Crippen MR) is 59.2 cm³/mol. The Morgan fingerprint density at radius 1 is 1.13 bits per heavy atom. The fourth-order valence-corrected chi connectivity index (χ4v) is 4.78. The van der Waals surface area contributed by atoms with E-state index in [1.54, 1.807) is 0 Å². The SMILES string of the molecule is C[C@@H]([C]=O)NC12CC3CC(CC(C3)C1)C2. The normalized spacial score (nSPS) is 49.3. The summed E-state index contributed by atoms with van der Waals surface area (Å²) in [7, 11) is 0. The van der Waals surface area contributed by atoms with Crippen molar-refractivity contribution in [1.82, 2.24) is 5.32 Å². The van der Waals surface area contributed by atoms with Crippen molar-refractivity contribution in [2.75, 3.05) is 0 Å². The largest absolute Gasteiger partial charge is 0.302 e. The lowest BCUT2D eigenvalue weighted by molar-refractivity contribution is -0.0212. The van der Waals surface area contributed by atoms with E-state index in [0.717, 1.165) is 17.8 Å². The molecule has 83 valence electrons. The Morgan fingerprint density at radius 2 is 1.60 bits per heavy atom. The van der Waals surface area contributed by atoms with E-state index in [1.165, 1.54) is 38.5 Å². The first kappa shape index (κ1) is 9.83. The number of rotatable bonds is 3. The Kier molecular flexibility index (Phi) is 2.17. The summed E-state index contributed by atoms with van der Waals surface area (Å²) < 4.78 is 0. The van der Waals surface area contributed by atoms with Crippen LogP contribution in [0.2, 0.25) is 0 Å². The Hall–Kier alpha value is -0.370. The van der Waals surface area contributed by atoms with Crippen LogP contribution in [0.5, 0.6) is 0 Å². The van der Waals surface area contributed by atoms with Crippen molar-refractivity contribution in [2.45, 2.75) is 57.0 Å². The Morgan fingerprint density at radius 3 is 2.00 bits per heavy atom. The molecule has 2 heteroatoms. The summed E-state index contributed by atoms with van der Waals surface area (Å²) in [5, 5.41) is 3.55. The van der Waals surface area contributed by atoms with Crippen LogP contribution in [0, 0.1) is 17.8 Å². The summed E-state index contributed by atoms with van der Waals surface area (Å²) in [6.45, 7) is 1.94. The van der Waals surface area contributed by atoms with E-state index < -0.39 is 0 Å². The predicted octanol–water partition coefficient (Wildman–Crippen LogP) is 2.04. The van der Waals surface area contributed by atoms with Gasteiger partial charge >= 0.3 is 0 Å². The summed E-state index contributed by atoms with van der Waals surface area (Å²) in [4.78, 5) is 10.6. The standard InChI is InChI=1S/C13H20NO/c1-9(8-15)14-13-5-10-2-11(6-13)4-12(3-10)7-13/h9-12,14H,2-7H2,1H3/t9-,10?,11?,12?,13?/m0/s1. The zero-order valence-corrected chi connectivity index (χ0v) is 9.46. The van der Waals surface area contributed by atoms with E-state index >= 15 is 0 Å². The first-order valence-electron chi connectivity index (χ1n) is 6.34. The van der Waals surface area contributed by atoms with Crippen LogP contribution in [-0.4, -0.2) is 17.9 Å². The van der Waals surface area contributed by atoms with Crippen molar-refractivity contribution in [1.29, 1.82) is 0 Å². The second-order valence-electron chi connectivity index (χ2n) is 6.18. The van der Waals surface area contributed by atoms with Crippen molar-refractivity contribution in [3.05, 3.63) is 0 Å². The highest BCUT2D eigenvalue weighted by atomic mass is 16.1. The average Bonchev–Trinajstić information content (AvgIpc) is 2.14. The highest BCUT2D eigenvalue weighted by Gasteiger charge is 2.51. The molecule has 0 saturated heterocycles. The summed E-state index contributed by atoms with van der Waals surface area (Å²) in [5.41, 5.74) is 0.311. The minimum atomic E-state index is -0.0822. The van der Waals surface area contributed by atoms with Gasteiger partial charge in [-0.3, -0.25) is 4.79 Å². The van der Waals surface area contributed by atoms with Gasteiger partial charge < -0.3 is 5.32 Å². The third-order valence-electron chi connectivity index (χ3n) is 4.74. The van der Waals surface area contributed by atoms with Crippen LogP contribution in [0.4, 0.5) is 0 Å². The van der Waals surface area contributed by atoms with E-state index in [2.05, 4.69) is 11.6 Å². The maximum absolute atomic E-state index is 10.6. The Balaban J connectivity index is 1.78. The van der Waals surface area contributed by atoms with E-state index in [0.29, 0.717) is 5.54 Å². The second-order valence-corrected chi connectivity index (χ2v) is 6.18. The van der Waals surface area contributed by atoms with Gasteiger partial charge in [0.05, 0.1) is 6.04 Å². The van der Waals surface area contributed by atoms with Gasteiger partial charge in [-0.1, -0.05) is 0 Å². The molecule has 0 aliphatic heterocycles. The highest BCUT2D eigenvalue weighted by Crippen LogP contribution is 2.55. The smallest absolute Gasteiger partial charge is 0.216 e. The molecule has 2 nitrogen and oxygen atoms in total. The zero-order valence-electron chi connectivity index (χ0n) is 9.46. The van der Waals surface area contributed by atoms with Crippen LogP contribution in [-0.2, 0) is 4.79 Å². The van der Waals surface area contributed by atoms with E-state index in [-0.39, 0.29) is 6.04 Å². The Labute approximate surface area is 91.8 Å². The van der Waals surface area contributed by atoms with E-state index in [9.17, 15) is 4.79 Å². The van der Waals surface area contributed by atoms with Crippen molar-refractivity contribution in [3.63, 3.8) is 0 Å². The monoisotopic (exact) mass is 206 g/mol. The molecule has 4 saturated carbocycles. The maximum atomic E-state index is 10.6. The van der Waals surface area contributed by atoms with Gasteiger partial charge in [0.15, 0.2) is 0 Å². The molecule has 1 radical (unpaired) electrons. The highest BCUT2D eigenvalue weighted by molar-refractivity contribution is 5.57. The van der Waals surface area contributed by atoms with Gasteiger partial charge in [0, 0.05) is 5.54 Å². The third kappa shape index (κ3) is 1.63. The molecule has 0 heterocycles. The van der Waals surface area contributed by atoms with Crippen LogP contribution in [0.15, 0.2) is 0 Å². The molecule has 0 aromatic carbocycles. The van der Waals surface area contributed by atoms with Crippen LogP contribution in [0.25, 0.3) is 0 Å². The van der Waals surface area contributed by atoms with Gasteiger partial charge in [-0.2, -0.15) is 0 Å². The molecule has 0 unspecified atom stereocenters. The second kappa shape index (κ2) is 3.31. The first-order chi connectivity index (χ1) is 7.19. The summed E-state index contributed by atoms with van der Waals surface area (Å²) in [5.74, 6) is 2.84. The van der Waals surface area contributed by atoms with Gasteiger partial charge in [-0.25, -0.2) is 0 Å². The topological polar surface area (TPSA) is 29.1 Å². The molecule has 15 heavy (non-hydrogen) atoms. The fourth-order valence-electron chi connectivity index (χ4n) is 4.78. The zero-order chi connectivity index (χ0) is 10.5. The van der Waals surface area contributed by atoms with Gasteiger partial charge in [0.2, 0.25) is 6.29 Å². The lowest BCUT2D eigenvalue weighted by atomic mass is 9.53. The summed E-state index contributed by atoms with van der Waals surface area (Å²) in [6, 6.07) is -0.0822. The number of nitrogens with one attached hydrogen (secondary N) is 1. The minimum Gasteiger partial charge on any atom is -0.302 e. The molecule has 4 aliphatic rings. The quantitative estimate of drug-likeness (QED) is 0.765. The first-order valence-corrected chi connectivity index (χ1v) is 6.34. The van der Waals surface area contributed by atoms with Crippen LogP contribution in [0.1, 0.15) is 45.4 Å². The molecular formula is C13H20NO. The molecular weight excluding hydrogens is 186 g/mol. The van der Waals surface area contributed by atoms with Crippen molar-refractivity contribution in [3.8, 4) is 0 Å². The maximum Gasteiger partial charge on any atom is 0.216 e. The lowest BCUT2D eigenvalue weighted by Gasteiger charge is -2.57.